The van der Waals surface area contributed by atoms with Crippen molar-refractivity contribution < 1.29 is 21.9 Å². The van der Waals surface area contributed by atoms with Gasteiger partial charge < -0.3 is 10.1 Å². The second-order valence-electron chi connectivity index (χ2n) is 5.77. The molecule has 1 unspecified atom stereocenters. The third-order valence-electron chi connectivity index (χ3n) is 3.92. The average molecular weight is 381 g/mol. The van der Waals surface area contributed by atoms with Crippen molar-refractivity contribution >= 4 is 21.7 Å². The average Bonchev–Trinajstić information content (AvgIpc) is 2.61. The van der Waals surface area contributed by atoms with Crippen LogP contribution in [-0.4, -0.2) is 34.1 Å². The molecule has 9 heteroatoms. The lowest BCUT2D eigenvalue weighted by molar-refractivity contribution is 0.125. The van der Waals surface area contributed by atoms with Crippen LogP contribution in [0.2, 0.25) is 0 Å². The van der Waals surface area contributed by atoms with E-state index in [0.717, 1.165) is 18.2 Å². The fourth-order valence-corrected chi connectivity index (χ4v) is 3.67. The number of para-hydroxylation sites is 1. The van der Waals surface area contributed by atoms with Gasteiger partial charge in [0.25, 0.3) is 10.0 Å². The van der Waals surface area contributed by atoms with E-state index in [4.69, 9.17) is 4.74 Å². The van der Waals surface area contributed by atoms with Gasteiger partial charge in [-0.05, 0) is 31.2 Å². The van der Waals surface area contributed by atoms with Crippen LogP contribution < -0.4 is 10.0 Å². The van der Waals surface area contributed by atoms with Gasteiger partial charge in [-0.3, -0.25) is 0 Å². The summed E-state index contributed by atoms with van der Waals surface area (Å²) in [6, 6.07) is 7.37. The number of guanidine groups is 1. The molecule has 2 aromatic rings. The molecule has 0 bridgehead atoms. The Morgan fingerprint density at radius 3 is 2.69 bits per heavy atom. The molecule has 2 N–H and O–H groups in total. The van der Waals surface area contributed by atoms with E-state index >= 15 is 0 Å². The highest BCUT2D eigenvalue weighted by Gasteiger charge is 2.29. The molecular weight excluding hydrogens is 364 g/mol. The van der Waals surface area contributed by atoms with Gasteiger partial charge in [-0.1, -0.05) is 12.1 Å². The summed E-state index contributed by atoms with van der Waals surface area (Å²) in [4.78, 5) is 4.07. The van der Waals surface area contributed by atoms with Crippen LogP contribution in [-0.2, 0) is 14.8 Å². The van der Waals surface area contributed by atoms with Crippen LogP contribution in [0.3, 0.4) is 0 Å². The number of methoxy groups -OCH3 is 1. The number of nitrogens with one attached hydrogen (secondary N) is 2. The maximum Gasteiger partial charge on any atom is 0.266 e. The first kappa shape index (κ1) is 18.3. The predicted octanol–water partition coefficient (Wildman–Crippen LogP) is 2.73. The summed E-state index contributed by atoms with van der Waals surface area (Å²) in [5, 5.41) is 2.86. The van der Waals surface area contributed by atoms with Crippen LogP contribution in [0.5, 0.6) is 0 Å². The molecule has 1 heterocycles. The van der Waals surface area contributed by atoms with E-state index in [9.17, 15) is 17.2 Å². The fraction of sp³-hybridized carbons (Fsp3) is 0.235. The van der Waals surface area contributed by atoms with E-state index in [0.29, 0.717) is 0 Å². The molecule has 0 aromatic heterocycles. The third-order valence-corrected chi connectivity index (χ3v) is 5.30. The molecule has 0 radical (unpaired) electrons. The molecule has 2 aromatic carbocycles. The maximum atomic E-state index is 14.2. The second-order valence-corrected chi connectivity index (χ2v) is 7.42. The van der Waals surface area contributed by atoms with E-state index in [1.54, 1.807) is 6.92 Å². The molecule has 3 rings (SSSR count). The van der Waals surface area contributed by atoms with Crippen LogP contribution >= 0.6 is 0 Å². The first-order chi connectivity index (χ1) is 12.3. The first-order valence-electron chi connectivity index (χ1n) is 7.77. The molecule has 0 fully saturated rings. The van der Waals surface area contributed by atoms with Crippen molar-refractivity contribution in [3.05, 3.63) is 48.0 Å². The van der Waals surface area contributed by atoms with Gasteiger partial charge in [-0.15, -0.1) is 0 Å². The first-order valence-corrected chi connectivity index (χ1v) is 9.25. The number of rotatable bonds is 4. The van der Waals surface area contributed by atoms with Gasteiger partial charge in [-0.25, -0.2) is 26.9 Å². The smallest absolute Gasteiger partial charge is 0.266 e. The topological polar surface area (TPSA) is 79.8 Å². The van der Waals surface area contributed by atoms with E-state index in [1.165, 1.54) is 25.3 Å². The fourth-order valence-electron chi connectivity index (χ4n) is 2.50. The Hall–Kier alpha value is -2.52. The molecular formula is C17H17F2N3O3S. The van der Waals surface area contributed by atoms with Crippen molar-refractivity contribution in [2.24, 2.45) is 4.99 Å². The summed E-state index contributed by atoms with van der Waals surface area (Å²) < 4.78 is 60.2. The molecule has 26 heavy (non-hydrogen) atoms. The van der Waals surface area contributed by atoms with E-state index in [1.807, 2.05) is 0 Å². The van der Waals surface area contributed by atoms with Gasteiger partial charge >= 0.3 is 0 Å². The summed E-state index contributed by atoms with van der Waals surface area (Å²) in [5.41, 5.74) is 0.313. The minimum Gasteiger partial charge on any atom is -0.380 e. The Bertz CT molecular complexity index is 977. The summed E-state index contributed by atoms with van der Waals surface area (Å²) in [6.07, 6.45) is -0.217. The van der Waals surface area contributed by atoms with Crippen LogP contribution in [0.25, 0.3) is 11.1 Å². The highest BCUT2D eigenvalue weighted by atomic mass is 32.2. The largest absolute Gasteiger partial charge is 0.380 e. The summed E-state index contributed by atoms with van der Waals surface area (Å²) >= 11 is 0. The van der Waals surface area contributed by atoms with Crippen molar-refractivity contribution in [1.82, 2.24) is 4.72 Å². The minimum atomic E-state index is -3.90. The number of anilines is 1. The summed E-state index contributed by atoms with van der Waals surface area (Å²) in [7, 11) is -2.38. The Labute approximate surface area is 150 Å². The molecule has 1 atom stereocenters. The maximum absolute atomic E-state index is 14.2. The van der Waals surface area contributed by atoms with Gasteiger partial charge in [0.2, 0.25) is 5.96 Å². The number of sulfonamides is 1. The zero-order chi connectivity index (χ0) is 18.9. The van der Waals surface area contributed by atoms with Crippen LogP contribution in [0.1, 0.15) is 6.92 Å². The second kappa shape index (κ2) is 7.00. The predicted molar refractivity (Wildman–Crippen MR) is 94.5 cm³/mol. The molecule has 1 aliphatic heterocycles. The van der Waals surface area contributed by atoms with E-state index < -0.39 is 21.7 Å². The number of fused-ring (bicyclic) bond motifs is 1. The minimum absolute atomic E-state index is 0.00865. The molecule has 138 valence electrons. The van der Waals surface area contributed by atoms with Crippen molar-refractivity contribution in [2.75, 3.05) is 19.0 Å². The van der Waals surface area contributed by atoms with Gasteiger partial charge in [0.1, 0.15) is 16.5 Å². The number of benzene rings is 2. The highest BCUT2D eigenvalue weighted by Crippen LogP contribution is 2.36. The molecule has 1 aliphatic rings. The number of nitrogens with zero attached hydrogens (tertiary/aromatic N) is 1. The van der Waals surface area contributed by atoms with E-state index in [2.05, 4.69) is 15.0 Å². The molecule has 0 aliphatic carbocycles. The number of hydrogen-bond donors (Lipinski definition) is 2. The van der Waals surface area contributed by atoms with Crippen molar-refractivity contribution in [1.29, 1.82) is 0 Å². The van der Waals surface area contributed by atoms with Crippen LogP contribution in [0, 0.1) is 11.6 Å². The lowest BCUT2D eigenvalue weighted by Gasteiger charge is -2.24. The lowest BCUT2D eigenvalue weighted by atomic mass is 10.0. The monoisotopic (exact) mass is 381 g/mol. The molecule has 0 spiro atoms. The van der Waals surface area contributed by atoms with Gasteiger partial charge in [0, 0.05) is 18.2 Å². The number of halogens is 2. The van der Waals surface area contributed by atoms with Crippen LogP contribution in [0.15, 0.2) is 46.3 Å². The number of hydrogen-bond acceptors (Lipinski definition) is 4. The standard InChI is InChI=1S/C17H17F2N3O3S/c1-10(25-2)9-20-17-21-16-12(13-8-11(18)6-7-14(13)19)4-3-5-15(16)26(23,24)22-17/h3-8,10H,9H2,1-2H3,(H2,20,21,22). The van der Waals surface area contributed by atoms with Crippen molar-refractivity contribution in [3.8, 4) is 11.1 Å². The summed E-state index contributed by atoms with van der Waals surface area (Å²) in [6.45, 7) is 2.00. The molecule has 0 saturated heterocycles. The van der Waals surface area contributed by atoms with Crippen LogP contribution in [0.4, 0.5) is 14.5 Å². The lowest BCUT2D eigenvalue weighted by Crippen LogP contribution is -2.41. The Morgan fingerprint density at radius 2 is 1.96 bits per heavy atom. The Morgan fingerprint density at radius 1 is 1.19 bits per heavy atom. The van der Waals surface area contributed by atoms with Gasteiger partial charge in [0.05, 0.1) is 18.3 Å². The summed E-state index contributed by atoms with van der Waals surface area (Å²) in [5.74, 6) is -1.30. The zero-order valence-electron chi connectivity index (χ0n) is 14.1. The Kier molecular flexibility index (Phi) is 4.92. The third kappa shape index (κ3) is 3.54. The zero-order valence-corrected chi connectivity index (χ0v) is 14.9. The van der Waals surface area contributed by atoms with Crippen molar-refractivity contribution in [2.45, 2.75) is 17.9 Å². The van der Waals surface area contributed by atoms with Gasteiger partial charge in [-0.2, -0.15) is 0 Å². The normalized spacial score (nSPS) is 17.9. The molecule has 0 saturated carbocycles. The van der Waals surface area contributed by atoms with E-state index in [-0.39, 0.29) is 40.3 Å². The van der Waals surface area contributed by atoms with Gasteiger partial charge in [0.15, 0.2) is 0 Å². The highest BCUT2D eigenvalue weighted by molar-refractivity contribution is 7.90. The number of aliphatic imine (C=N–C) groups is 1. The Balaban J connectivity index is 2.12. The molecule has 0 amide bonds. The molecule has 6 nitrogen and oxygen atoms in total. The quantitative estimate of drug-likeness (QED) is 0.854. The SMILES string of the molecule is COC(C)CN=C1Nc2c(-c3cc(F)ccc3F)cccc2S(=O)(=O)N1. The number of ether oxygens (including phenoxy) is 1. The van der Waals surface area contributed by atoms with Crippen molar-refractivity contribution in [3.63, 3.8) is 0 Å².